The monoisotopic (exact) mass is 284 g/mol. The molecule has 0 saturated carbocycles. The van der Waals surface area contributed by atoms with Gasteiger partial charge in [0.2, 0.25) is 0 Å². The largest absolute Gasteiger partial charge is 0.497 e. The first kappa shape index (κ1) is 13.4. The second-order valence-electron chi connectivity index (χ2n) is 4.70. The molecule has 2 aromatic rings. The van der Waals surface area contributed by atoms with Crippen LogP contribution in [0.1, 0.15) is 15.9 Å². The Labute approximate surface area is 121 Å². The highest BCUT2D eigenvalue weighted by Gasteiger charge is 2.23. The fourth-order valence-electron chi connectivity index (χ4n) is 2.21. The molecule has 1 heterocycles. The summed E-state index contributed by atoms with van der Waals surface area (Å²) >= 11 is 0. The van der Waals surface area contributed by atoms with Gasteiger partial charge in [0.15, 0.2) is 5.78 Å². The van der Waals surface area contributed by atoms with Gasteiger partial charge in [-0.25, -0.2) is 4.39 Å². The summed E-state index contributed by atoms with van der Waals surface area (Å²) in [5, 5.41) is 0. The standard InChI is InChI=1S/C17H13FO3/c1-20-14-5-2-11(3-6-14)8-12-10-21-16-7-4-13(18)9-15(16)17(12)19/h2-9H,10H2,1H3/b12-8+. The van der Waals surface area contributed by atoms with E-state index in [0.717, 1.165) is 11.3 Å². The average molecular weight is 284 g/mol. The topological polar surface area (TPSA) is 35.5 Å². The van der Waals surface area contributed by atoms with Gasteiger partial charge in [-0.05, 0) is 42.0 Å². The molecule has 0 spiro atoms. The molecule has 0 unspecified atom stereocenters. The highest BCUT2D eigenvalue weighted by atomic mass is 19.1. The molecule has 0 radical (unpaired) electrons. The Morgan fingerprint density at radius 1 is 1.19 bits per heavy atom. The SMILES string of the molecule is COc1ccc(/C=C2\COc3ccc(F)cc3C2=O)cc1. The molecule has 0 saturated heterocycles. The van der Waals surface area contributed by atoms with Crippen LogP contribution in [0.4, 0.5) is 4.39 Å². The number of Topliss-reactive ketones (excluding diaryl/α,β-unsaturated/α-hetero) is 1. The van der Waals surface area contributed by atoms with Crippen LogP contribution in [0.2, 0.25) is 0 Å². The van der Waals surface area contributed by atoms with E-state index in [1.165, 1.54) is 18.2 Å². The second kappa shape index (κ2) is 5.40. The Morgan fingerprint density at radius 2 is 1.95 bits per heavy atom. The number of methoxy groups -OCH3 is 1. The van der Waals surface area contributed by atoms with Crippen molar-refractivity contribution in [2.24, 2.45) is 0 Å². The maximum Gasteiger partial charge on any atom is 0.196 e. The van der Waals surface area contributed by atoms with Crippen molar-refractivity contribution >= 4 is 11.9 Å². The van der Waals surface area contributed by atoms with Crippen molar-refractivity contribution in [2.75, 3.05) is 13.7 Å². The molecule has 1 aliphatic heterocycles. The fraction of sp³-hybridized carbons (Fsp3) is 0.118. The maximum atomic E-state index is 13.3. The highest BCUT2D eigenvalue weighted by molar-refractivity contribution is 6.14. The van der Waals surface area contributed by atoms with Gasteiger partial charge in [-0.2, -0.15) is 0 Å². The molecule has 0 aromatic heterocycles. The molecule has 3 rings (SSSR count). The van der Waals surface area contributed by atoms with Gasteiger partial charge >= 0.3 is 0 Å². The molecule has 3 nitrogen and oxygen atoms in total. The molecule has 0 bridgehead atoms. The third-order valence-corrected chi connectivity index (χ3v) is 3.32. The second-order valence-corrected chi connectivity index (χ2v) is 4.70. The predicted molar refractivity (Wildman–Crippen MR) is 77.2 cm³/mol. The first-order chi connectivity index (χ1) is 10.2. The lowest BCUT2D eigenvalue weighted by Gasteiger charge is -2.18. The Hall–Kier alpha value is -2.62. The summed E-state index contributed by atoms with van der Waals surface area (Å²) in [6, 6.07) is 11.3. The third kappa shape index (κ3) is 2.65. The predicted octanol–water partition coefficient (Wildman–Crippen LogP) is 3.49. The van der Waals surface area contributed by atoms with Crippen molar-refractivity contribution in [1.29, 1.82) is 0 Å². The lowest BCUT2D eigenvalue weighted by molar-refractivity contribution is 0.1000. The summed E-state index contributed by atoms with van der Waals surface area (Å²) in [7, 11) is 1.59. The molecule has 21 heavy (non-hydrogen) atoms. The van der Waals surface area contributed by atoms with Crippen molar-refractivity contribution in [3.63, 3.8) is 0 Å². The van der Waals surface area contributed by atoms with E-state index in [1.807, 2.05) is 24.3 Å². The number of rotatable bonds is 2. The molecule has 106 valence electrons. The number of halogens is 1. The van der Waals surface area contributed by atoms with Gasteiger partial charge in [0.05, 0.1) is 12.7 Å². The lowest BCUT2D eigenvalue weighted by atomic mass is 9.98. The molecule has 0 N–H and O–H groups in total. The molecule has 4 heteroatoms. The van der Waals surface area contributed by atoms with Crippen LogP contribution in [-0.4, -0.2) is 19.5 Å². The van der Waals surface area contributed by atoms with Crippen LogP contribution in [0.5, 0.6) is 11.5 Å². The van der Waals surface area contributed by atoms with Gasteiger partial charge < -0.3 is 9.47 Å². The smallest absolute Gasteiger partial charge is 0.196 e. The number of fused-ring (bicyclic) bond motifs is 1. The van der Waals surface area contributed by atoms with Crippen LogP contribution in [-0.2, 0) is 0 Å². The van der Waals surface area contributed by atoms with E-state index in [2.05, 4.69) is 0 Å². The zero-order chi connectivity index (χ0) is 14.8. The van der Waals surface area contributed by atoms with Crippen LogP contribution >= 0.6 is 0 Å². The molecule has 2 aromatic carbocycles. The van der Waals surface area contributed by atoms with E-state index < -0.39 is 5.82 Å². The summed E-state index contributed by atoms with van der Waals surface area (Å²) in [5.74, 6) is 0.520. The van der Waals surface area contributed by atoms with Crippen LogP contribution in [0.25, 0.3) is 6.08 Å². The number of carbonyl (C=O) groups excluding carboxylic acids is 1. The van der Waals surface area contributed by atoms with Gasteiger partial charge in [-0.15, -0.1) is 0 Å². The quantitative estimate of drug-likeness (QED) is 0.792. The lowest BCUT2D eigenvalue weighted by Crippen LogP contribution is -2.19. The Bertz CT molecular complexity index is 717. The Balaban J connectivity index is 1.93. The van der Waals surface area contributed by atoms with Crippen LogP contribution in [0, 0.1) is 5.82 Å². The molecular weight excluding hydrogens is 271 g/mol. The summed E-state index contributed by atoms with van der Waals surface area (Å²) < 4.78 is 23.8. The molecular formula is C17H13FO3. The minimum Gasteiger partial charge on any atom is -0.497 e. The van der Waals surface area contributed by atoms with E-state index in [4.69, 9.17) is 9.47 Å². The van der Waals surface area contributed by atoms with Gasteiger partial charge in [0, 0.05) is 5.57 Å². The Morgan fingerprint density at radius 3 is 2.67 bits per heavy atom. The van der Waals surface area contributed by atoms with Crippen molar-refractivity contribution in [2.45, 2.75) is 0 Å². The van der Waals surface area contributed by atoms with Crippen molar-refractivity contribution in [3.8, 4) is 11.5 Å². The van der Waals surface area contributed by atoms with E-state index in [-0.39, 0.29) is 18.0 Å². The van der Waals surface area contributed by atoms with E-state index in [9.17, 15) is 9.18 Å². The number of ether oxygens (including phenoxy) is 2. The van der Waals surface area contributed by atoms with Gasteiger partial charge in [-0.1, -0.05) is 12.1 Å². The minimum absolute atomic E-state index is 0.184. The first-order valence-corrected chi connectivity index (χ1v) is 6.49. The van der Waals surface area contributed by atoms with Gasteiger partial charge in [-0.3, -0.25) is 4.79 Å². The van der Waals surface area contributed by atoms with Crippen LogP contribution < -0.4 is 9.47 Å². The first-order valence-electron chi connectivity index (χ1n) is 6.49. The molecule has 0 aliphatic carbocycles. The summed E-state index contributed by atoms with van der Waals surface area (Å²) in [4.78, 5) is 12.4. The Kier molecular flexibility index (Phi) is 3.44. The number of benzene rings is 2. The van der Waals surface area contributed by atoms with Crippen molar-refractivity contribution in [1.82, 2.24) is 0 Å². The van der Waals surface area contributed by atoms with Crippen LogP contribution in [0.3, 0.4) is 0 Å². The maximum absolute atomic E-state index is 13.3. The minimum atomic E-state index is -0.448. The number of carbonyl (C=O) groups is 1. The van der Waals surface area contributed by atoms with E-state index >= 15 is 0 Å². The molecule has 1 aliphatic rings. The van der Waals surface area contributed by atoms with Gasteiger partial charge in [0.1, 0.15) is 23.9 Å². The number of ketones is 1. The zero-order valence-corrected chi connectivity index (χ0v) is 11.4. The number of hydrogen-bond acceptors (Lipinski definition) is 3. The summed E-state index contributed by atoms with van der Waals surface area (Å²) in [5.41, 5.74) is 1.63. The highest BCUT2D eigenvalue weighted by Crippen LogP contribution is 2.28. The normalized spacial score (nSPS) is 15.5. The molecule has 0 amide bonds. The molecule has 0 atom stereocenters. The van der Waals surface area contributed by atoms with E-state index in [1.54, 1.807) is 13.2 Å². The molecule has 0 fully saturated rings. The van der Waals surface area contributed by atoms with Gasteiger partial charge in [0.25, 0.3) is 0 Å². The van der Waals surface area contributed by atoms with Crippen LogP contribution in [0.15, 0.2) is 48.0 Å². The summed E-state index contributed by atoms with van der Waals surface area (Å²) in [6.45, 7) is 0.184. The van der Waals surface area contributed by atoms with Crippen molar-refractivity contribution < 1.29 is 18.7 Å². The fourth-order valence-corrected chi connectivity index (χ4v) is 2.21. The number of hydrogen-bond donors (Lipinski definition) is 0. The third-order valence-electron chi connectivity index (χ3n) is 3.32. The van der Waals surface area contributed by atoms with Crippen molar-refractivity contribution in [3.05, 3.63) is 65.0 Å². The average Bonchev–Trinajstić information content (AvgIpc) is 2.51. The summed E-state index contributed by atoms with van der Waals surface area (Å²) in [6.07, 6.45) is 1.75. The zero-order valence-electron chi connectivity index (χ0n) is 11.4. The van der Waals surface area contributed by atoms with E-state index in [0.29, 0.717) is 11.3 Å².